The molecule has 0 unspecified atom stereocenters. The minimum atomic E-state index is 0.0373. The van der Waals surface area contributed by atoms with Gasteiger partial charge in [-0.3, -0.25) is 4.79 Å². The fraction of sp³-hybridized carbons (Fsp3) is 0.409. The van der Waals surface area contributed by atoms with Gasteiger partial charge in [0.15, 0.2) is 0 Å². The fourth-order valence-corrected chi connectivity index (χ4v) is 2.99. The van der Waals surface area contributed by atoms with Crippen LogP contribution in [0.15, 0.2) is 48.5 Å². The second-order valence-corrected chi connectivity index (χ2v) is 7.17. The van der Waals surface area contributed by atoms with E-state index >= 15 is 0 Å². The SMILES string of the molecule is CCOc1ccc(CC(=O)NC[C@H](c2ccc(N(C)C)cc2)[NH+](C)C)cc1. The minimum Gasteiger partial charge on any atom is -0.494 e. The highest BCUT2D eigenvalue weighted by Crippen LogP contribution is 2.16. The molecule has 5 nitrogen and oxygen atoms in total. The third kappa shape index (κ3) is 6.29. The van der Waals surface area contributed by atoms with Crippen molar-refractivity contribution in [2.24, 2.45) is 0 Å². The van der Waals surface area contributed by atoms with Gasteiger partial charge in [-0.05, 0) is 36.8 Å². The third-order valence-corrected chi connectivity index (χ3v) is 4.61. The average Bonchev–Trinajstić information content (AvgIpc) is 2.64. The van der Waals surface area contributed by atoms with Crippen LogP contribution in [0.1, 0.15) is 24.1 Å². The Morgan fingerprint density at radius 1 is 1.07 bits per heavy atom. The van der Waals surface area contributed by atoms with Gasteiger partial charge in [-0.2, -0.15) is 0 Å². The predicted octanol–water partition coefficient (Wildman–Crippen LogP) is 1.70. The van der Waals surface area contributed by atoms with Crippen molar-refractivity contribution in [2.45, 2.75) is 19.4 Å². The Balaban J connectivity index is 1.93. The van der Waals surface area contributed by atoms with E-state index in [1.807, 2.05) is 45.3 Å². The summed E-state index contributed by atoms with van der Waals surface area (Å²) in [7, 11) is 8.29. The number of likely N-dealkylation sites (N-methyl/N-ethyl adjacent to an activating group) is 1. The molecule has 1 amide bonds. The van der Waals surface area contributed by atoms with E-state index in [0.29, 0.717) is 19.6 Å². The van der Waals surface area contributed by atoms with Crippen molar-refractivity contribution in [1.82, 2.24) is 5.32 Å². The van der Waals surface area contributed by atoms with E-state index in [-0.39, 0.29) is 11.9 Å². The lowest BCUT2D eigenvalue weighted by Gasteiger charge is -2.23. The second-order valence-electron chi connectivity index (χ2n) is 7.17. The lowest BCUT2D eigenvalue weighted by Crippen LogP contribution is -3.07. The molecule has 0 aliphatic rings. The quantitative estimate of drug-likeness (QED) is 0.706. The van der Waals surface area contributed by atoms with E-state index in [1.165, 1.54) is 16.2 Å². The highest BCUT2D eigenvalue weighted by Gasteiger charge is 2.19. The molecule has 0 radical (unpaired) electrons. The van der Waals surface area contributed by atoms with Crippen molar-refractivity contribution in [3.8, 4) is 5.75 Å². The molecular weight excluding hydrogens is 338 g/mol. The van der Waals surface area contributed by atoms with Gasteiger partial charge in [0.1, 0.15) is 11.8 Å². The first-order valence-corrected chi connectivity index (χ1v) is 9.46. The number of hydrogen-bond acceptors (Lipinski definition) is 3. The lowest BCUT2D eigenvalue weighted by molar-refractivity contribution is -0.890. The van der Waals surface area contributed by atoms with Crippen molar-refractivity contribution in [2.75, 3.05) is 46.2 Å². The van der Waals surface area contributed by atoms with Crippen molar-refractivity contribution in [3.05, 3.63) is 59.7 Å². The van der Waals surface area contributed by atoms with Crippen LogP contribution in [-0.4, -0.2) is 47.2 Å². The number of anilines is 1. The Bertz CT molecular complexity index is 709. The summed E-state index contributed by atoms with van der Waals surface area (Å²) in [5.41, 5.74) is 3.38. The van der Waals surface area contributed by atoms with Crippen molar-refractivity contribution in [1.29, 1.82) is 0 Å². The summed E-state index contributed by atoms with van der Waals surface area (Å²) in [4.78, 5) is 15.7. The van der Waals surface area contributed by atoms with Gasteiger partial charge in [-0.1, -0.05) is 24.3 Å². The zero-order valence-corrected chi connectivity index (χ0v) is 17.1. The van der Waals surface area contributed by atoms with Crippen LogP contribution in [0.5, 0.6) is 5.75 Å². The Kier molecular flexibility index (Phi) is 7.67. The van der Waals surface area contributed by atoms with Gasteiger partial charge in [-0.15, -0.1) is 0 Å². The number of nitrogens with one attached hydrogen (secondary N) is 2. The molecule has 2 N–H and O–H groups in total. The first-order valence-electron chi connectivity index (χ1n) is 9.46. The van der Waals surface area contributed by atoms with Crippen LogP contribution in [0.25, 0.3) is 0 Å². The molecule has 0 aromatic heterocycles. The Hall–Kier alpha value is -2.53. The number of hydrogen-bond donors (Lipinski definition) is 2. The number of carbonyl (C=O) groups excluding carboxylic acids is 1. The predicted molar refractivity (Wildman–Crippen MR) is 111 cm³/mol. The average molecular weight is 371 g/mol. The number of quaternary nitrogens is 1. The molecule has 1 atom stereocenters. The van der Waals surface area contributed by atoms with E-state index in [4.69, 9.17) is 4.74 Å². The molecule has 0 aliphatic heterocycles. The molecule has 2 aromatic carbocycles. The van der Waals surface area contributed by atoms with Gasteiger partial charge in [0, 0.05) is 25.3 Å². The van der Waals surface area contributed by atoms with Crippen molar-refractivity contribution < 1.29 is 14.4 Å². The Morgan fingerprint density at radius 2 is 1.70 bits per heavy atom. The molecule has 0 bridgehead atoms. The molecule has 27 heavy (non-hydrogen) atoms. The zero-order chi connectivity index (χ0) is 19.8. The van der Waals surface area contributed by atoms with Crippen molar-refractivity contribution in [3.63, 3.8) is 0 Å². The molecule has 2 aromatic rings. The highest BCUT2D eigenvalue weighted by atomic mass is 16.5. The molecule has 0 saturated heterocycles. The highest BCUT2D eigenvalue weighted by molar-refractivity contribution is 5.78. The zero-order valence-electron chi connectivity index (χ0n) is 17.1. The first-order chi connectivity index (χ1) is 12.9. The molecule has 0 saturated carbocycles. The van der Waals surface area contributed by atoms with Gasteiger partial charge in [0.25, 0.3) is 0 Å². The first kappa shape index (κ1) is 20.8. The monoisotopic (exact) mass is 370 g/mol. The van der Waals surface area contributed by atoms with Gasteiger partial charge >= 0.3 is 0 Å². The van der Waals surface area contributed by atoms with Crippen LogP contribution in [0.2, 0.25) is 0 Å². The largest absolute Gasteiger partial charge is 0.494 e. The topological polar surface area (TPSA) is 46.0 Å². The molecule has 0 spiro atoms. The Morgan fingerprint density at radius 3 is 2.22 bits per heavy atom. The summed E-state index contributed by atoms with van der Waals surface area (Å²) in [5.74, 6) is 0.870. The summed E-state index contributed by atoms with van der Waals surface area (Å²) in [5, 5.41) is 3.09. The van der Waals surface area contributed by atoms with E-state index in [0.717, 1.165) is 11.3 Å². The maximum atomic E-state index is 12.4. The Labute approximate surface area is 162 Å². The van der Waals surface area contributed by atoms with E-state index in [1.54, 1.807) is 0 Å². The van der Waals surface area contributed by atoms with Gasteiger partial charge in [-0.25, -0.2) is 0 Å². The van der Waals surface area contributed by atoms with Crippen LogP contribution in [-0.2, 0) is 11.2 Å². The van der Waals surface area contributed by atoms with Gasteiger partial charge < -0.3 is 19.9 Å². The molecule has 0 heterocycles. The van der Waals surface area contributed by atoms with Crippen LogP contribution < -0.4 is 19.9 Å². The smallest absolute Gasteiger partial charge is 0.224 e. The number of nitrogens with zero attached hydrogens (tertiary/aromatic N) is 1. The standard InChI is InChI=1S/C22H31N3O2/c1-6-27-20-13-7-17(8-14-20)15-22(26)23-16-21(25(4)5)18-9-11-19(12-10-18)24(2)3/h7-14,21H,6,15-16H2,1-5H3,(H,23,26)/p+1/t21-/m1/s1. The molecular formula is C22H32N3O2+. The summed E-state index contributed by atoms with van der Waals surface area (Å²) < 4.78 is 5.44. The molecule has 0 aliphatic carbocycles. The maximum Gasteiger partial charge on any atom is 0.224 e. The number of ether oxygens (including phenoxy) is 1. The molecule has 2 rings (SSSR count). The summed E-state index contributed by atoms with van der Waals surface area (Å²) >= 11 is 0. The fourth-order valence-electron chi connectivity index (χ4n) is 2.99. The summed E-state index contributed by atoms with van der Waals surface area (Å²) in [6, 6.07) is 16.4. The normalized spacial score (nSPS) is 11.9. The van der Waals surface area contributed by atoms with Crippen LogP contribution >= 0.6 is 0 Å². The second kappa shape index (κ2) is 9.97. The lowest BCUT2D eigenvalue weighted by atomic mass is 10.0. The van der Waals surface area contributed by atoms with Gasteiger partial charge in [0.05, 0.1) is 33.7 Å². The number of benzene rings is 2. The van der Waals surface area contributed by atoms with Crippen molar-refractivity contribution >= 4 is 11.6 Å². The maximum absolute atomic E-state index is 12.4. The van der Waals surface area contributed by atoms with Crippen LogP contribution in [0, 0.1) is 0 Å². The number of amides is 1. The van der Waals surface area contributed by atoms with E-state index in [9.17, 15) is 4.79 Å². The van der Waals surface area contributed by atoms with Gasteiger partial charge in [0.2, 0.25) is 5.91 Å². The third-order valence-electron chi connectivity index (χ3n) is 4.61. The molecule has 5 heteroatoms. The van der Waals surface area contributed by atoms with Crippen LogP contribution in [0.4, 0.5) is 5.69 Å². The summed E-state index contributed by atoms with van der Waals surface area (Å²) in [6.45, 7) is 3.21. The molecule has 146 valence electrons. The number of carbonyl (C=O) groups is 1. The molecule has 0 fully saturated rings. The minimum absolute atomic E-state index is 0.0373. The van der Waals surface area contributed by atoms with E-state index < -0.39 is 0 Å². The van der Waals surface area contributed by atoms with Crippen LogP contribution in [0.3, 0.4) is 0 Å². The van der Waals surface area contributed by atoms with E-state index in [2.05, 4.69) is 48.6 Å². The summed E-state index contributed by atoms with van der Waals surface area (Å²) in [6.07, 6.45) is 0.376. The number of rotatable bonds is 9.